The fourth-order valence-corrected chi connectivity index (χ4v) is 0.574. The highest BCUT2D eigenvalue weighted by Crippen LogP contribution is 2.39. The van der Waals surface area contributed by atoms with Crippen LogP contribution in [0.1, 0.15) is 0 Å². The number of halogens is 5. The van der Waals surface area contributed by atoms with Gasteiger partial charge in [0.2, 0.25) is 12.5 Å². The summed E-state index contributed by atoms with van der Waals surface area (Å²) in [5.74, 6) is -4.35. The fraction of sp³-hybridized carbons (Fsp3) is 1.00. The summed E-state index contributed by atoms with van der Waals surface area (Å²) in [6.07, 6.45) is -9.22. The van der Waals surface area contributed by atoms with E-state index >= 15 is 0 Å². The number of rotatable bonds is 0. The first-order valence-electron chi connectivity index (χ1n) is 2.41. The molecule has 0 spiro atoms. The number of hydrogen-bond donors (Lipinski definition) is 0. The zero-order valence-corrected chi connectivity index (χ0v) is 4.53. The minimum Gasteiger partial charge on any atom is -0.305 e. The van der Waals surface area contributed by atoms with Crippen LogP contribution in [0.25, 0.3) is 0 Å². The molecule has 1 rings (SSSR count). The van der Waals surface area contributed by atoms with Gasteiger partial charge in [-0.25, -0.2) is 13.2 Å². The molecular formula is C4H3F5O. The van der Waals surface area contributed by atoms with Crippen molar-refractivity contribution in [3.8, 4) is 0 Å². The van der Waals surface area contributed by atoms with Crippen LogP contribution < -0.4 is 0 Å². The van der Waals surface area contributed by atoms with Crippen molar-refractivity contribution in [1.29, 1.82) is 0 Å². The third-order valence-corrected chi connectivity index (χ3v) is 1.15. The zero-order chi connectivity index (χ0) is 7.94. The van der Waals surface area contributed by atoms with Gasteiger partial charge in [0.05, 0.1) is 0 Å². The summed E-state index contributed by atoms with van der Waals surface area (Å²) >= 11 is 0. The second-order valence-electron chi connectivity index (χ2n) is 1.88. The van der Waals surface area contributed by atoms with E-state index < -0.39 is 24.8 Å². The van der Waals surface area contributed by atoms with Crippen LogP contribution in [0.5, 0.6) is 0 Å². The van der Waals surface area contributed by atoms with Gasteiger partial charge in [0.15, 0.2) is 0 Å². The lowest BCUT2D eigenvalue weighted by Gasteiger charge is -2.09. The van der Waals surface area contributed by atoms with Crippen molar-refractivity contribution in [2.45, 2.75) is 24.8 Å². The average Bonchev–Trinajstić information content (AvgIpc) is 1.97. The SMILES string of the molecule is F[C@@H]1O[C@H](F)C(F)(F)[C@@H]1F. The van der Waals surface area contributed by atoms with E-state index in [1.807, 2.05) is 0 Å². The molecule has 3 atom stereocenters. The Morgan fingerprint density at radius 1 is 1.10 bits per heavy atom. The van der Waals surface area contributed by atoms with Gasteiger partial charge in [-0.05, 0) is 0 Å². The van der Waals surface area contributed by atoms with E-state index in [1.165, 1.54) is 0 Å². The maximum Gasteiger partial charge on any atom is 0.338 e. The van der Waals surface area contributed by atoms with Crippen LogP contribution >= 0.6 is 0 Å². The lowest BCUT2D eigenvalue weighted by molar-refractivity contribution is -0.158. The Morgan fingerprint density at radius 2 is 1.60 bits per heavy atom. The highest BCUT2D eigenvalue weighted by atomic mass is 19.3. The Hall–Kier alpha value is -0.390. The van der Waals surface area contributed by atoms with Crippen molar-refractivity contribution < 1.29 is 26.7 Å². The fourth-order valence-electron chi connectivity index (χ4n) is 0.574. The zero-order valence-electron chi connectivity index (χ0n) is 4.53. The van der Waals surface area contributed by atoms with Crippen molar-refractivity contribution in [2.75, 3.05) is 0 Å². The van der Waals surface area contributed by atoms with Gasteiger partial charge in [-0.2, -0.15) is 8.78 Å². The van der Waals surface area contributed by atoms with Crippen LogP contribution in [0, 0.1) is 0 Å². The maximum absolute atomic E-state index is 11.9. The third kappa shape index (κ3) is 0.865. The van der Waals surface area contributed by atoms with E-state index in [-0.39, 0.29) is 0 Å². The lowest BCUT2D eigenvalue weighted by atomic mass is 10.2. The molecule has 1 aliphatic rings. The second kappa shape index (κ2) is 2.05. The Kier molecular flexibility index (Phi) is 1.58. The third-order valence-electron chi connectivity index (χ3n) is 1.15. The predicted octanol–water partition coefficient (Wildman–Crippen LogP) is 1.58. The molecule has 0 radical (unpaired) electrons. The molecule has 0 amide bonds. The normalized spacial score (nSPS) is 45.9. The van der Waals surface area contributed by atoms with Gasteiger partial charge >= 0.3 is 5.92 Å². The minimum atomic E-state index is -4.35. The van der Waals surface area contributed by atoms with Gasteiger partial charge in [0.1, 0.15) is 0 Å². The molecule has 1 fully saturated rings. The monoisotopic (exact) mass is 162 g/mol. The molecule has 0 aromatic heterocycles. The summed E-state index contributed by atoms with van der Waals surface area (Å²) in [6, 6.07) is 0. The van der Waals surface area contributed by atoms with E-state index in [9.17, 15) is 22.0 Å². The largest absolute Gasteiger partial charge is 0.338 e. The predicted molar refractivity (Wildman–Crippen MR) is 20.7 cm³/mol. The summed E-state index contributed by atoms with van der Waals surface area (Å²) in [7, 11) is 0. The Labute approximate surface area is 52.8 Å². The van der Waals surface area contributed by atoms with Crippen LogP contribution in [-0.4, -0.2) is 24.8 Å². The second-order valence-corrected chi connectivity index (χ2v) is 1.88. The molecule has 0 aromatic carbocycles. The highest BCUT2D eigenvalue weighted by Gasteiger charge is 2.61. The smallest absolute Gasteiger partial charge is 0.305 e. The van der Waals surface area contributed by atoms with Crippen LogP contribution in [0.3, 0.4) is 0 Å². The van der Waals surface area contributed by atoms with Crippen LogP contribution in [-0.2, 0) is 4.74 Å². The first-order valence-corrected chi connectivity index (χ1v) is 2.41. The van der Waals surface area contributed by atoms with Gasteiger partial charge in [-0.15, -0.1) is 0 Å². The molecule has 60 valence electrons. The number of ether oxygens (including phenoxy) is 1. The van der Waals surface area contributed by atoms with Crippen molar-refractivity contribution >= 4 is 0 Å². The van der Waals surface area contributed by atoms with E-state index in [4.69, 9.17) is 0 Å². The van der Waals surface area contributed by atoms with Crippen LogP contribution in [0.2, 0.25) is 0 Å². The Balaban J connectivity index is 2.75. The van der Waals surface area contributed by atoms with Gasteiger partial charge < -0.3 is 4.74 Å². The summed E-state index contributed by atoms with van der Waals surface area (Å²) < 4.78 is 62.3. The number of hydrogen-bond acceptors (Lipinski definition) is 1. The van der Waals surface area contributed by atoms with Crippen molar-refractivity contribution in [3.05, 3.63) is 0 Å². The Bertz CT molecular complexity index is 138. The minimum absolute atomic E-state index is 2.86. The van der Waals surface area contributed by atoms with Gasteiger partial charge in [0, 0.05) is 0 Å². The molecule has 1 nitrogen and oxygen atoms in total. The lowest BCUT2D eigenvalue weighted by Crippen LogP contribution is -2.34. The summed E-state index contributed by atoms with van der Waals surface area (Å²) in [5.41, 5.74) is 0. The summed E-state index contributed by atoms with van der Waals surface area (Å²) in [6.45, 7) is 0. The van der Waals surface area contributed by atoms with Crippen molar-refractivity contribution in [2.24, 2.45) is 0 Å². The van der Waals surface area contributed by atoms with E-state index in [1.54, 1.807) is 0 Å². The topological polar surface area (TPSA) is 9.23 Å². The Morgan fingerprint density at radius 3 is 1.70 bits per heavy atom. The van der Waals surface area contributed by atoms with E-state index in [0.29, 0.717) is 0 Å². The van der Waals surface area contributed by atoms with Crippen LogP contribution in [0.4, 0.5) is 22.0 Å². The standard InChI is InChI=1S/C4H3F5O/c5-1-2(6)10-3(7)4(1,8)9/h1-3H/t1-,2-,3+/m1/s1. The summed E-state index contributed by atoms with van der Waals surface area (Å²) in [4.78, 5) is 0. The first kappa shape index (κ1) is 7.71. The maximum atomic E-state index is 11.9. The van der Waals surface area contributed by atoms with E-state index in [0.717, 1.165) is 0 Å². The molecule has 1 aliphatic heterocycles. The molecule has 0 saturated carbocycles. The molecule has 6 heteroatoms. The molecule has 0 unspecified atom stereocenters. The van der Waals surface area contributed by atoms with Gasteiger partial charge in [-0.1, -0.05) is 0 Å². The molecule has 1 saturated heterocycles. The van der Waals surface area contributed by atoms with E-state index in [2.05, 4.69) is 4.74 Å². The molecule has 10 heavy (non-hydrogen) atoms. The molecule has 0 bridgehead atoms. The van der Waals surface area contributed by atoms with Gasteiger partial charge in [-0.3, -0.25) is 0 Å². The first-order chi connectivity index (χ1) is 4.46. The van der Waals surface area contributed by atoms with Crippen molar-refractivity contribution in [1.82, 2.24) is 0 Å². The van der Waals surface area contributed by atoms with Gasteiger partial charge in [0.25, 0.3) is 6.36 Å². The quantitative estimate of drug-likeness (QED) is 0.491. The molecule has 1 heterocycles. The molecule has 0 aliphatic carbocycles. The molecular weight excluding hydrogens is 159 g/mol. The average molecular weight is 162 g/mol. The highest BCUT2D eigenvalue weighted by molar-refractivity contribution is 4.88. The van der Waals surface area contributed by atoms with Crippen molar-refractivity contribution in [3.63, 3.8) is 0 Å². The summed E-state index contributed by atoms with van der Waals surface area (Å²) in [5, 5.41) is 0. The van der Waals surface area contributed by atoms with Crippen LogP contribution in [0.15, 0.2) is 0 Å². The number of alkyl halides is 5. The molecule has 0 N–H and O–H groups in total. The molecule has 0 aromatic rings.